The average Bonchev–Trinajstić information content (AvgIpc) is 2.39. The van der Waals surface area contributed by atoms with Crippen LogP contribution in [0, 0.1) is 0 Å². The Morgan fingerprint density at radius 3 is 2.71 bits per heavy atom. The minimum absolute atomic E-state index is 0.447. The first kappa shape index (κ1) is 13.9. The van der Waals surface area contributed by atoms with Crippen LogP contribution in [0.15, 0.2) is 12.4 Å². The number of aromatic nitrogens is 2. The van der Waals surface area contributed by atoms with Crippen LogP contribution in [0.2, 0.25) is 0 Å². The SMILES string of the molecule is CCCCN(c1cncc(CN)n1)C(C)CC. The van der Waals surface area contributed by atoms with Gasteiger partial charge in [0.1, 0.15) is 5.82 Å². The predicted octanol–water partition coefficient (Wildman–Crippen LogP) is 2.34. The number of nitrogens with two attached hydrogens (primary N) is 1. The lowest BCUT2D eigenvalue weighted by Crippen LogP contribution is -2.34. The van der Waals surface area contributed by atoms with Crippen molar-refractivity contribution in [2.45, 2.75) is 52.6 Å². The molecule has 1 unspecified atom stereocenters. The molecule has 1 aromatic heterocycles. The second kappa shape index (κ2) is 7.22. The van der Waals surface area contributed by atoms with E-state index in [0.717, 1.165) is 24.5 Å². The summed E-state index contributed by atoms with van der Waals surface area (Å²) in [6.45, 7) is 8.12. The summed E-state index contributed by atoms with van der Waals surface area (Å²) in [4.78, 5) is 11.1. The number of hydrogen-bond acceptors (Lipinski definition) is 4. The maximum absolute atomic E-state index is 5.61. The zero-order valence-electron chi connectivity index (χ0n) is 11.2. The topological polar surface area (TPSA) is 55.0 Å². The predicted molar refractivity (Wildman–Crippen MR) is 71.9 cm³/mol. The fourth-order valence-corrected chi connectivity index (χ4v) is 1.74. The van der Waals surface area contributed by atoms with Crippen molar-refractivity contribution in [1.82, 2.24) is 9.97 Å². The molecule has 0 amide bonds. The Morgan fingerprint density at radius 2 is 2.12 bits per heavy atom. The van der Waals surface area contributed by atoms with E-state index >= 15 is 0 Å². The third kappa shape index (κ3) is 3.97. The van der Waals surface area contributed by atoms with E-state index in [1.54, 1.807) is 6.20 Å². The monoisotopic (exact) mass is 236 g/mol. The highest BCUT2D eigenvalue weighted by Gasteiger charge is 2.14. The highest BCUT2D eigenvalue weighted by molar-refractivity contribution is 5.37. The molecule has 0 spiro atoms. The number of rotatable bonds is 7. The fraction of sp³-hybridized carbons (Fsp3) is 0.692. The summed E-state index contributed by atoms with van der Waals surface area (Å²) >= 11 is 0. The first-order chi connectivity index (χ1) is 8.22. The summed E-state index contributed by atoms with van der Waals surface area (Å²) in [5, 5.41) is 0. The van der Waals surface area contributed by atoms with E-state index in [-0.39, 0.29) is 0 Å². The molecule has 4 nitrogen and oxygen atoms in total. The minimum atomic E-state index is 0.447. The highest BCUT2D eigenvalue weighted by Crippen LogP contribution is 2.16. The molecule has 4 heteroatoms. The van der Waals surface area contributed by atoms with Gasteiger partial charge in [0.25, 0.3) is 0 Å². The highest BCUT2D eigenvalue weighted by atomic mass is 15.2. The molecule has 0 saturated carbocycles. The summed E-state index contributed by atoms with van der Waals surface area (Å²) in [5.74, 6) is 0.954. The first-order valence-corrected chi connectivity index (χ1v) is 6.50. The van der Waals surface area contributed by atoms with Crippen molar-refractivity contribution in [3.63, 3.8) is 0 Å². The lowest BCUT2D eigenvalue weighted by atomic mass is 10.2. The van der Waals surface area contributed by atoms with Gasteiger partial charge in [-0.1, -0.05) is 20.3 Å². The van der Waals surface area contributed by atoms with Crippen LogP contribution >= 0.6 is 0 Å². The van der Waals surface area contributed by atoms with Crippen molar-refractivity contribution in [3.8, 4) is 0 Å². The molecule has 96 valence electrons. The summed E-state index contributed by atoms with van der Waals surface area (Å²) < 4.78 is 0. The van der Waals surface area contributed by atoms with E-state index < -0.39 is 0 Å². The fourth-order valence-electron chi connectivity index (χ4n) is 1.74. The van der Waals surface area contributed by atoms with Crippen molar-refractivity contribution in [2.24, 2.45) is 5.73 Å². The average molecular weight is 236 g/mol. The van der Waals surface area contributed by atoms with E-state index in [0.29, 0.717) is 12.6 Å². The van der Waals surface area contributed by atoms with Crippen LogP contribution in [-0.2, 0) is 6.54 Å². The number of anilines is 1. The van der Waals surface area contributed by atoms with Gasteiger partial charge in [0, 0.05) is 25.3 Å². The largest absolute Gasteiger partial charge is 0.353 e. The molecule has 2 N–H and O–H groups in total. The van der Waals surface area contributed by atoms with Gasteiger partial charge in [-0.05, 0) is 19.8 Å². The van der Waals surface area contributed by atoms with Crippen LogP contribution in [-0.4, -0.2) is 22.6 Å². The first-order valence-electron chi connectivity index (χ1n) is 6.50. The number of nitrogens with zero attached hydrogens (tertiary/aromatic N) is 3. The summed E-state index contributed by atoms with van der Waals surface area (Å²) in [6, 6.07) is 0.490. The van der Waals surface area contributed by atoms with Crippen LogP contribution in [0.1, 0.15) is 45.7 Å². The Kier molecular flexibility index (Phi) is 5.91. The molecule has 1 atom stereocenters. The van der Waals surface area contributed by atoms with Crippen molar-refractivity contribution >= 4 is 5.82 Å². The van der Waals surface area contributed by atoms with E-state index in [1.807, 2.05) is 6.20 Å². The molecule has 0 aliphatic rings. The normalized spacial score (nSPS) is 12.5. The zero-order chi connectivity index (χ0) is 12.7. The molecule has 0 aromatic carbocycles. The number of unbranched alkanes of at least 4 members (excludes halogenated alkanes) is 1. The Balaban J connectivity index is 2.86. The molecule has 1 heterocycles. The molecule has 0 fully saturated rings. The van der Waals surface area contributed by atoms with Gasteiger partial charge >= 0.3 is 0 Å². The lowest BCUT2D eigenvalue weighted by molar-refractivity contribution is 0.587. The molecular weight excluding hydrogens is 212 g/mol. The molecule has 0 radical (unpaired) electrons. The van der Waals surface area contributed by atoms with Gasteiger partial charge in [0.2, 0.25) is 0 Å². The summed E-state index contributed by atoms with van der Waals surface area (Å²) in [6.07, 6.45) is 7.05. The van der Waals surface area contributed by atoms with Gasteiger partial charge in [0.15, 0.2) is 0 Å². The molecular formula is C13H24N4. The van der Waals surface area contributed by atoms with Gasteiger partial charge in [-0.25, -0.2) is 4.98 Å². The third-order valence-electron chi connectivity index (χ3n) is 3.05. The van der Waals surface area contributed by atoms with Gasteiger partial charge in [-0.15, -0.1) is 0 Å². The molecule has 1 aromatic rings. The van der Waals surface area contributed by atoms with E-state index in [9.17, 15) is 0 Å². The lowest BCUT2D eigenvalue weighted by Gasteiger charge is -2.29. The number of hydrogen-bond donors (Lipinski definition) is 1. The second-order valence-electron chi connectivity index (χ2n) is 4.38. The van der Waals surface area contributed by atoms with Crippen LogP contribution in [0.4, 0.5) is 5.82 Å². The van der Waals surface area contributed by atoms with Gasteiger partial charge in [-0.3, -0.25) is 4.98 Å². The van der Waals surface area contributed by atoms with E-state index in [1.165, 1.54) is 12.8 Å². The van der Waals surface area contributed by atoms with E-state index in [2.05, 4.69) is 35.6 Å². The maximum Gasteiger partial charge on any atom is 0.147 e. The summed E-state index contributed by atoms with van der Waals surface area (Å²) in [7, 11) is 0. The molecule has 0 bridgehead atoms. The van der Waals surface area contributed by atoms with Crippen LogP contribution in [0.5, 0.6) is 0 Å². The van der Waals surface area contributed by atoms with Crippen LogP contribution < -0.4 is 10.6 Å². The third-order valence-corrected chi connectivity index (χ3v) is 3.05. The van der Waals surface area contributed by atoms with Gasteiger partial charge in [-0.2, -0.15) is 0 Å². The van der Waals surface area contributed by atoms with Crippen molar-refractivity contribution < 1.29 is 0 Å². The van der Waals surface area contributed by atoms with Crippen molar-refractivity contribution in [3.05, 3.63) is 18.1 Å². The molecule has 0 aliphatic carbocycles. The standard InChI is InChI=1S/C13H24N4/c1-4-6-7-17(11(3)5-2)13-10-15-9-12(8-14)16-13/h9-11H,4-8,14H2,1-3H3. The minimum Gasteiger partial charge on any atom is -0.353 e. The second-order valence-corrected chi connectivity index (χ2v) is 4.38. The van der Waals surface area contributed by atoms with Gasteiger partial charge in [0.05, 0.1) is 11.9 Å². The quantitative estimate of drug-likeness (QED) is 0.789. The molecule has 0 saturated heterocycles. The summed E-state index contributed by atoms with van der Waals surface area (Å²) in [5.41, 5.74) is 6.46. The van der Waals surface area contributed by atoms with Crippen molar-refractivity contribution in [1.29, 1.82) is 0 Å². The zero-order valence-corrected chi connectivity index (χ0v) is 11.2. The van der Waals surface area contributed by atoms with Gasteiger partial charge < -0.3 is 10.6 Å². The van der Waals surface area contributed by atoms with Crippen LogP contribution in [0.3, 0.4) is 0 Å². The molecule has 17 heavy (non-hydrogen) atoms. The molecule has 0 aliphatic heterocycles. The van der Waals surface area contributed by atoms with Crippen molar-refractivity contribution in [2.75, 3.05) is 11.4 Å². The Bertz CT molecular complexity index is 327. The molecule has 1 rings (SSSR count). The van der Waals surface area contributed by atoms with E-state index in [4.69, 9.17) is 5.73 Å². The Morgan fingerprint density at radius 1 is 1.35 bits per heavy atom. The Hall–Kier alpha value is -1.16. The Labute approximate surface area is 104 Å². The van der Waals surface area contributed by atoms with Crippen LogP contribution in [0.25, 0.3) is 0 Å². The maximum atomic E-state index is 5.61. The smallest absolute Gasteiger partial charge is 0.147 e.